The second-order valence-corrected chi connectivity index (χ2v) is 7.93. The lowest BCUT2D eigenvalue weighted by molar-refractivity contribution is -0.119. The van der Waals surface area contributed by atoms with Crippen LogP contribution in [0.25, 0.3) is 11.5 Å². The first-order valence-electron chi connectivity index (χ1n) is 8.86. The molecule has 3 N–H and O–H groups in total. The van der Waals surface area contributed by atoms with Crippen LogP contribution < -0.4 is 16.0 Å². The van der Waals surface area contributed by atoms with Crippen LogP contribution in [0, 0.1) is 11.3 Å². The Hall–Kier alpha value is -2.19. The smallest absolute Gasteiger partial charge is 0.229 e. The highest BCUT2D eigenvalue weighted by Gasteiger charge is 2.57. The van der Waals surface area contributed by atoms with Crippen LogP contribution in [0.15, 0.2) is 21.9 Å². The average Bonchev–Trinajstić information content (AvgIpc) is 3.00. The first-order valence-corrected chi connectivity index (χ1v) is 9.74. The number of hydrogen-bond donors (Lipinski definition) is 3. The molecule has 2 aromatic rings. The summed E-state index contributed by atoms with van der Waals surface area (Å²) in [7, 11) is 0. The lowest BCUT2D eigenvalue weighted by Crippen LogP contribution is -2.31. The first-order chi connectivity index (χ1) is 12.6. The van der Waals surface area contributed by atoms with Crippen molar-refractivity contribution in [3.05, 3.63) is 23.3 Å². The van der Waals surface area contributed by atoms with Crippen molar-refractivity contribution in [1.82, 2.24) is 15.6 Å². The third-order valence-electron chi connectivity index (χ3n) is 5.27. The molecule has 0 bridgehead atoms. The molecular formula is C18H22N4O3S. The van der Waals surface area contributed by atoms with Crippen LogP contribution in [-0.2, 0) is 16.1 Å². The molecule has 2 aliphatic rings. The number of aromatic nitrogens is 1. The molecular weight excluding hydrogens is 352 g/mol. The molecule has 3 heterocycles. The zero-order valence-corrected chi connectivity index (χ0v) is 15.4. The van der Waals surface area contributed by atoms with Crippen LogP contribution in [0.3, 0.4) is 0 Å². The van der Waals surface area contributed by atoms with E-state index in [0.29, 0.717) is 28.9 Å². The summed E-state index contributed by atoms with van der Waals surface area (Å²) in [6, 6.07) is 3.64. The zero-order chi connectivity index (χ0) is 18.1. The maximum atomic E-state index is 12.5. The fraction of sp³-hybridized carbons (Fsp3) is 0.500. The minimum atomic E-state index is -0.104. The minimum absolute atomic E-state index is 0.0820. The van der Waals surface area contributed by atoms with Crippen molar-refractivity contribution in [2.75, 3.05) is 18.4 Å². The SMILES string of the molecule is CC(=O)NCc1ccc(-c2csc(NC(=O)C3CC34CCNCC4)n2)o1. The van der Waals surface area contributed by atoms with Crippen molar-refractivity contribution in [3.8, 4) is 11.5 Å². The fourth-order valence-corrected chi connectivity index (χ4v) is 4.36. The Morgan fingerprint density at radius 3 is 2.96 bits per heavy atom. The summed E-state index contributed by atoms with van der Waals surface area (Å²) >= 11 is 1.40. The predicted molar refractivity (Wildman–Crippen MR) is 98.6 cm³/mol. The van der Waals surface area contributed by atoms with E-state index in [1.165, 1.54) is 18.3 Å². The Bertz CT molecular complexity index is 822. The van der Waals surface area contributed by atoms with Crippen molar-refractivity contribution < 1.29 is 14.0 Å². The number of piperidine rings is 1. The molecule has 7 nitrogen and oxygen atoms in total. The van der Waals surface area contributed by atoms with E-state index in [-0.39, 0.29) is 23.1 Å². The number of carbonyl (C=O) groups excluding carboxylic acids is 2. The van der Waals surface area contributed by atoms with E-state index in [0.717, 1.165) is 32.4 Å². The molecule has 2 fully saturated rings. The molecule has 8 heteroatoms. The van der Waals surface area contributed by atoms with Gasteiger partial charge in [0.15, 0.2) is 10.9 Å². The Balaban J connectivity index is 1.36. The van der Waals surface area contributed by atoms with Gasteiger partial charge in [0, 0.05) is 18.2 Å². The molecule has 4 rings (SSSR count). The van der Waals surface area contributed by atoms with Gasteiger partial charge in [-0.2, -0.15) is 0 Å². The molecule has 1 unspecified atom stereocenters. The van der Waals surface area contributed by atoms with Crippen LogP contribution in [0.5, 0.6) is 0 Å². The van der Waals surface area contributed by atoms with Crippen molar-refractivity contribution in [3.63, 3.8) is 0 Å². The lowest BCUT2D eigenvalue weighted by atomic mass is 9.92. The quantitative estimate of drug-likeness (QED) is 0.747. The highest BCUT2D eigenvalue weighted by atomic mass is 32.1. The van der Waals surface area contributed by atoms with Gasteiger partial charge in [-0.05, 0) is 49.9 Å². The highest BCUT2D eigenvalue weighted by molar-refractivity contribution is 7.14. The van der Waals surface area contributed by atoms with Gasteiger partial charge in [-0.3, -0.25) is 9.59 Å². The van der Waals surface area contributed by atoms with Crippen LogP contribution in [0.4, 0.5) is 5.13 Å². The number of amides is 2. The summed E-state index contributed by atoms with van der Waals surface area (Å²) in [6.07, 6.45) is 3.15. The minimum Gasteiger partial charge on any atom is -0.458 e. The number of hydrogen-bond acceptors (Lipinski definition) is 6. The van der Waals surface area contributed by atoms with Gasteiger partial charge in [0.1, 0.15) is 11.5 Å². The summed E-state index contributed by atoms with van der Waals surface area (Å²) in [5.41, 5.74) is 0.904. The molecule has 1 spiro atoms. The molecule has 2 amide bonds. The van der Waals surface area contributed by atoms with E-state index in [1.54, 1.807) is 0 Å². The Morgan fingerprint density at radius 1 is 1.38 bits per heavy atom. The fourth-order valence-electron chi connectivity index (χ4n) is 3.65. The first kappa shape index (κ1) is 17.2. The molecule has 0 radical (unpaired) electrons. The van der Waals surface area contributed by atoms with Gasteiger partial charge in [0.25, 0.3) is 0 Å². The predicted octanol–water partition coefficient (Wildman–Crippen LogP) is 2.37. The van der Waals surface area contributed by atoms with Crippen molar-refractivity contribution >= 4 is 28.3 Å². The molecule has 26 heavy (non-hydrogen) atoms. The molecule has 138 valence electrons. The van der Waals surface area contributed by atoms with Gasteiger partial charge >= 0.3 is 0 Å². The van der Waals surface area contributed by atoms with Crippen LogP contribution in [-0.4, -0.2) is 29.9 Å². The Labute approximate surface area is 155 Å². The number of furan rings is 1. The van der Waals surface area contributed by atoms with Crippen LogP contribution in [0.1, 0.15) is 31.9 Å². The third kappa shape index (κ3) is 3.52. The summed E-state index contributed by atoms with van der Waals surface area (Å²) < 4.78 is 5.70. The van der Waals surface area contributed by atoms with Crippen molar-refractivity contribution in [2.45, 2.75) is 32.7 Å². The molecule has 1 aliphatic heterocycles. The molecule has 1 saturated carbocycles. The Kier molecular flexibility index (Phi) is 4.54. The molecule has 0 aromatic carbocycles. The van der Waals surface area contributed by atoms with Crippen molar-refractivity contribution in [2.24, 2.45) is 11.3 Å². The number of rotatable bonds is 5. The normalized spacial score (nSPS) is 20.7. The number of thiazole rings is 1. The van der Waals surface area contributed by atoms with Gasteiger partial charge in [-0.1, -0.05) is 0 Å². The van der Waals surface area contributed by atoms with Crippen LogP contribution in [0.2, 0.25) is 0 Å². The average molecular weight is 374 g/mol. The molecule has 1 atom stereocenters. The maximum Gasteiger partial charge on any atom is 0.229 e. The number of nitrogens with zero attached hydrogens (tertiary/aromatic N) is 1. The largest absolute Gasteiger partial charge is 0.458 e. The van der Waals surface area contributed by atoms with E-state index in [1.807, 2.05) is 17.5 Å². The van der Waals surface area contributed by atoms with E-state index >= 15 is 0 Å². The van der Waals surface area contributed by atoms with Gasteiger partial charge in [0.2, 0.25) is 11.8 Å². The molecule has 1 saturated heterocycles. The van der Waals surface area contributed by atoms with Gasteiger partial charge < -0.3 is 20.4 Å². The van der Waals surface area contributed by atoms with E-state index in [4.69, 9.17) is 4.42 Å². The zero-order valence-electron chi connectivity index (χ0n) is 14.6. The monoisotopic (exact) mass is 374 g/mol. The second kappa shape index (κ2) is 6.85. The third-order valence-corrected chi connectivity index (χ3v) is 6.02. The standard InChI is InChI=1S/C18H22N4O3S/c1-11(23)20-9-12-2-3-15(25-12)14-10-26-17(21-14)22-16(24)13-8-18(13)4-6-19-7-5-18/h2-3,10,13,19H,4-9H2,1H3,(H,20,23)(H,21,22,24). The lowest BCUT2D eigenvalue weighted by Gasteiger charge is -2.22. The summed E-state index contributed by atoms with van der Waals surface area (Å²) in [5.74, 6) is 1.39. The van der Waals surface area contributed by atoms with E-state index in [2.05, 4.69) is 20.9 Å². The van der Waals surface area contributed by atoms with E-state index < -0.39 is 0 Å². The van der Waals surface area contributed by atoms with Gasteiger partial charge in [0.05, 0.1) is 6.54 Å². The summed E-state index contributed by atoms with van der Waals surface area (Å²) in [4.78, 5) is 27.9. The summed E-state index contributed by atoms with van der Waals surface area (Å²) in [6.45, 7) is 3.82. The topological polar surface area (TPSA) is 96.3 Å². The number of carbonyl (C=O) groups is 2. The van der Waals surface area contributed by atoms with E-state index in [9.17, 15) is 9.59 Å². The van der Waals surface area contributed by atoms with Crippen LogP contribution >= 0.6 is 11.3 Å². The van der Waals surface area contributed by atoms with Gasteiger partial charge in [-0.25, -0.2) is 4.98 Å². The second-order valence-electron chi connectivity index (χ2n) is 7.07. The maximum absolute atomic E-state index is 12.5. The van der Waals surface area contributed by atoms with Gasteiger partial charge in [-0.15, -0.1) is 11.3 Å². The van der Waals surface area contributed by atoms with Crippen molar-refractivity contribution in [1.29, 1.82) is 0 Å². The number of anilines is 1. The molecule has 1 aliphatic carbocycles. The molecule has 2 aromatic heterocycles. The summed E-state index contributed by atoms with van der Waals surface area (Å²) in [5, 5.41) is 11.5. The Morgan fingerprint density at radius 2 is 2.19 bits per heavy atom. The highest BCUT2D eigenvalue weighted by Crippen LogP contribution is 2.58. The number of nitrogens with one attached hydrogen (secondary N) is 3.